The number of benzene rings is 10. The van der Waals surface area contributed by atoms with E-state index in [0.717, 1.165) is 21.9 Å². The first kappa shape index (κ1) is 29.7. The van der Waals surface area contributed by atoms with Crippen molar-refractivity contribution in [2.24, 2.45) is 0 Å². The van der Waals surface area contributed by atoms with Crippen molar-refractivity contribution < 1.29 is 4.42 Å². The molecule has 1 heteroatoms. The standard InChI is InChI=1S/C52H32O/c1-2-12-37-30-40(25-22-33(37)10-1)52-45-17-6-5-16-44(45)51(48-32-39(26-28-46(48)52)42-18-9-13-35-11-3-4-14-41(35)42)36-23-20-34(21-24-36)38-27-29-50-47(31-38)43-15-7-8-19-49(43)53-50/h1-32H. The quantitative estimate of drug-likeness (QED) is 0.170. The highest BCUT2D eigenvalue weighted by atomic mass is 16.3. The predicted molar refractivity (Wildman–Crippen MR) is 225 cm³/mol. The number of hydrogen-bond acceptors (Lipinski definition) is 1. The van der Waals surface area contributed by atoms with Crippen molar-refractivity contribution in [2.45, 2.75) is 0 Å². The summed E-state index contributed by atoms with van der Waals surface area (Å²) < 4.78 is 6.13. The van der Waals surface area contributed by atoms with Crippen LogP contribution in [0.25, 0.3) is 110 Å². The smallest absolute Gasteiger partial charge is 0.135 e. The lowest BCUT2D eigenvalue weighted by Crippen LogP contribution is -1.92. The molecule has 1 heterocycles. The van der Waals surface area contributed by atoms with Gasteiger partial charge in [-0.1, -0.05) is 164 Å². The van der Waals surface area contributed by atoms with Gasteiger partial charge in [0.25, 0.3) is 0 Å². The second-order valence-electron chi connectivity index (χ2n) is 14.0. The molecule has 246 valence electrons. The van der Waals surface area contributed by atoms with Crippen LogP contribution in [0.4, 0.5) is 0 Å². The van der Waals surface area contributed by atoms with Crippen LogP contribution < -0.4 is 0 Å². The van der Waals surface area contributed by atoms with Gasteiger partial charge < -0.3 is 4.42 Å². The van der Waals surface area contributed by atoms with E-state index in [2.05, 4.69) is 182 Å². The van der Waals surface area contributed by atoms with Crippen LogP contribution >= 0.6 is 0 Å². The maximum Gasteiger partial charge on any atom is 0.135 e. The lowest BCUT2D eigenvalue weighted by atomic mass is 9.84. The third-order valence-corrected chi connectivity index (χ3v) is 11.0. The van der Waals surface area contributed by atoms with E-state index in [-0.39, 0.29) is 0 Å². The fourth-order valence-electron chi connectivity index (χ4n) is 8.52. The maximum atomic E-state index is 6.13. The number of hydrogen-bond donors (Lipinski definition) is 0. The summed E-state index contributed by atoms with van der Waals surface area (Å²) in [6, 6.07) is 70.8. The molecule has 0 unspecified atom stereocenters. The highest BCUT2D eigenvalue weighted by Crippen LogP contribution is 2.46. The summed E-state index contributed by atoms with van der Waals surface area (Å²) in [6.45, 7) is 0. The van der Waals surface area contributed by atoms with Crippen LogP contribution in [0, 0.1) is 0 Å². The molecule has 0 atom stereocenters. The van der Waals surface area contributed by atoms with E-state index in [9.17, 15) is 0 Å². The predicted octanol–water partition coefficient (Wildman–Crippen LogP) is 14.9. The minimum atomic E-state index is 0.915. The first-order valence-corrected chi connectivity index (χ1v) is 18.2. The number of para-hydroxylation sites is 1. The summed E-state index contributed by atoms with van der Waals surface area (Å²) in [6.07, 6.45) is 0. The topological polar surface area (TPSA) is 13.1 Å². The van der Waals surface area contributed by atoms with Crippen molar-refractivity contribution in [2.75, 3.05) is 0 Å². The third-order valence-electron chi connectivity index (χ3n) is 11.0. The second-order valence-corrected chi connectivity index (χ2v) is 14.0. The third kappa shape index (κ3) is 4.79. The van der Waals surface area contributed by atoms with E-state index in [1.54, 1.807) is 0 Å². The molecule has 1 aromatic heterocycles. The lowest BCUT2D eigenvalue weighted by Gasteiger charge is -2.19. The molecule has 10 aromatic carbocycles. The van der Waals surface area contributed by atoms with Crippen LogP contribution in [0.5, 0.6) is 0 Å². The largest absolute Gasteiger partial charge is 0.456 e. The lowest BCUT2D eigenvalue weighted by molar-refractivity contribution is 0.669. The zero-order valence-electron chi connectivity index (χ0n) is 28.9. The average molecular weight is 673 g/mol. The van der Waals surface area contributed by atoms with Gasteiger partial charge in [0.05, 0.1) is 0 Å². The highest BCUT2D eigenvalue weighted by Gasteiger charge is 2.19. The molecule has 11 aromatic rings. The van der Waals surface area contributed by atoms with E-state index >= 15 is 0 Å². The molecule has 0 aliphatic carbocycles. The summed E-state index contributed by atoms with van der Waals surface area (Å²) in [4.78, 5) is 0. The van der Waals surface area contributed by atoms with Crippen LogP contribution in [-0.2, 0) is 0 Å². The van der Waals surface area contributed by atoms with Gasteiger partial charge in [0.15, 0.2) is 0 Å². The van der Waals surface area contributed by atoms with Crippen molar-refractivity contribution in [1.82, 2.24) is 0 Å². The Labute approximate surface area is 307 Å². The molecule has 0 saturated heterocycles. The summed E-state index contributed by atoms with van der Waals surface area (Å²) in [5, 5.41) is 12.3. The van der Waals surface area contributed by atoms with Gasteiger partial charge in [-0.3, -0.25) is 0 Å². The summed E-state index contributed by atoms with van der Waals surface area (Å²) in [5.74, 6) is 0. The SMILES string of the molecule is c1ccc2cc(-c3c4ccccc4c(-c4ccc(-c5ccc6oc7ccccc7c6c5)cc4)c4cc(-c5cccc6ccccc56)ccc34)ccc2c1. The minimum Gasteiger partial charge on any atom is -0.456 e. The second kappa shape index (κ2) is 11.8. The zero-order valence-corrected chi connectivity index (χ0v) is 28.9. The van der Waals surface area contributed by atoms with E-state index in [4.69, 9.17) is 4.42 Å². The Morgan fingerprint density at radius 2 is 0.792 bits per heavy atom. The molecule has 1 nitrogen and oxygen atoms in total. The number of furan rings is 1. The Bertz CT molecular complexity index is 3210. The fraction of sp³-hybridized carbons (Fsp3) is 0. The van der Waals surface area contributed by atoms with Crippen LogP contribution in [0.3, 0.4) is 0 Å². The fourth-order valence-corrected chi connectivity index (χ4v) is 8.52. The highest BCUT2D eigenvalue weighted by molar-refractivity contribution is 6.22. The van der Waals surface area contributed by atoms with Crippen molar-refractivity contribution in [3.8, 4) is 44.5 Å². The molecule has 0 aliphatic heterocycles. The van der Waals surface area contributed by atoms with Gasteiger partial charge in [-0.05, 0) is 118 Å². The first-order chi connectivity index (χ1) is 26.3. The molecule has 0 radical (unpaired) electrons. The van der Waals surface area contributed by atoms with Gasteiger partial charge in [-0.15, -0.1) is 0 Å². The van der Waals surface area contributed by atoms with Gasteiger partial charge in [0.1, 0.15) is 11.2 Å². The summed E-state index contributed by atoms with van der Waals surface area (Å²) in [7, 11) is 0. The van der Waals surface area contributed by atoms with E-state index in [1.165, 1.54) is 87.6 Å². The van der Waals surface area contributed by atoms with Crippen LogP contribution in [-0.4, -0.2) is 0 Å². The molecule has 0 aliphatic rings. The van der Waals surface area contributed by atoms with Crippen molar-refractivity contribution in [3.63, 3.8) is 0 Å². The molecule has 0 amide bonds. The monoisotopic (exact) mass is 672 g/mol. The van der Waals surface area contributed by atoms with E-state index in [1.807, 2.05) is 12.1 Å². The van der Waals surface area contributed by atoms with Crippen molar-refractivity contribution >= 4 is 65.0 Å². The van der Waals surface area contributed by atoms with Crippen LogP contribution in [0.2, 0.25) is 0 Å². The Morgan fingerprint density at radius 1 is 0.245 bits per heavy atom. The van der Waals surface area contributed by atoms with E-state index in [0.29, 0.717) is 0 Å². The molecule has 0 N–H and O–H groups in total. The Balaban J connectivity index is 1.15. The molecule has 0 saturated carbocycles. The Morgan fingerprint density at radius 3 is 1.62 bits per heavy atom. The van der Waals surface area contributed by atoms with Gasteiger partial charge in [-0.25, -0.2) is 0 Å². The van der Waals surface area contributed by atoms with Crippen LogP contribution in [0.15, 0.2) is 199 Å². The molecule has 53 heavy (non-hydrogen) atoms. The number of rotatable bonds is 4. The zero-order chi connectivity index (χ0) is 34.9. The van der Waals surface area contributed by atoms with Gasteiger partial charge in [0.2, 0.25) is 0 Å². The average Bonchev–Trinajstić information content (AvgIpc) is 3.60. The normalized spacial score (nSPS) is 11.8. The van der Waals surface area contributed by atoms with Gasteiger partial charge >= 0.3 is 0 Å². The molecule has 0 spiro atoms. The summed E-state index contributed by atoms with van der Waals surface area (Å²) >= 11 is 0. The Hall–Kier alpha value is -6.96. The first-order valence-electron chi connectivity index (χ1n) is 18.2. The van der Waals surface area contributed by atoms with E-state index < -0.39 is 0 Å². The molecular formula is C52H32O. The number of fused-ring (bicyclic) bond motifs is 7. The van der Waals surface area contributed by atoms with Crippen molar-refractivity contribution in [3.05, 3.63) is 194 Å². The van der Waals surface area contributed by atoms with Gasteiger partial charge in [0, 0.05) is 10.8 Å². The minimum absolute atomic E-state index is 0.915. The van der Waals surface area contributed by atoms with Gasteiger partial charge in [-0.2, -0.15) is 0 Å². The molecular weight excluding hydrogens is 641 g/mol. The molecule has 0 bridgehead atoms. The van der Waals surface area contributed by atoms with Crippen molar-refractivity contribution in [1.29, 1.82) is 0 Å². The molecule has 0 fully saturated rings. The van der Waals surface area contributed by atoms with Crippen LogP contribution in [0.1, 0.15) is 0 Å². The molecule has 11 rings (SSSR count). The maximum absolute atomic E-state index is 6.13. The Kier molecular flexibility index (Phi) is 6.62. The summed E-state index contributed by atoms with van der Waals surface area (Å²) in [5.41, 5.74) is 11.6.